The van der Waals surface area contributed by atoms with E-state index >= 15 is 0 Å². The maximum absolute atomic E-state index is 13.1. The summed E-state index contributed by atoms with van der Waals surface area (Å²) in [5, 5.41) is 14.4. The zero-order valence-electron chi connectivity index (χ0n) is 15.7. The summed E-state index contributed by atoms with van der Waals surface area (Å²) < 4.78 is 10.2. The van der Waals surface area contributed by atoms with Crippen molar-refractivity contribution in [1.82, 2.24) is 5.32 Å². The molecule has 0 aromatic heterocycles. The van der Waals surface area contributed by atoms with Crippen LogP contribution in [0.4, 0.5) is 11.4 Å². The molecular weight excluding hydrogens is 434 g/mol. The summed E-state index contributed by atoms with van der Waals surface area (Å²) in [4.78, 5) is 37.7. The van der Waals surface area contributed by atoms with E-state index in [4.69, 9.17) is 33.3 Å². The summed E-state index contributed by atoms with van der Waals surface area (Å²) in [7, 11) is 2.58. The van der Waals surface area contributed by atoms with Crippen LogP contribution in [0.3, 0.4) is 0 Å². The van der Waals surface area contributed by atoms with Gasteiger partial charge in [-0.1, -0.05) is 11.6 Å². The molecule has 1 aliphatic rings. The summed E-state index contributed by atoms with van der Waals surface area (Å²) in [6, 6.07) is 9.01. The van der Waals surface area contributed by atoms with E-state index in [-0.39, 0.29) is 27.7 Å². The highest BCUT2D eigenvalue weighted by Crippen LogP contribution is 2.39. The van der Waals surface area contributed by atoms with Crippen molar-refractivity contribution in [2.24, 2.45) is 0 Å². The number of methoxy groups -OCH3 is 2. The van der Waals surface area contributed by atoms with Gasteiger partial charge in [0.15, 0.2) is 10.9 Å². The van der Waals surface area contributed by atoms with Crippen molar-refractivity contribution in [3.05, 3.63) is 62.7 Å². The van der Waals surface area contributed by atoms with Gasteiger partial charge in [-0.05, 0) is 54.7 Å². The third-order valence-electron chi connectivity index (χ3n) is 4.24. The van der Waals surface area contributed by atoms with E-state index in [2.05, 4.69) is 5.32 Å². The van der Waals surface area contributed by atoms with Gasteiger partial charge in [-0.3, -0.25) is 29.9 Å². The van der Waals surface area contributed by atoms with Crippen LogP contribution in [-0.2, 0) is 9.59 Å². The fourth-order valence-corrected chi connectivity index (χ4v) is 3.27. The minimum absolute atomic E-state index is 0.0543. The first-order chi connectivity index (χ1) is 14.3. The summed E-state index contributed by atoms with van der Waals surface area (Å²) in [5.41, 5.74) is -0.541. The molecule has 1 N–H and O–H groups in total. The molecule has 0 atom stereocenters. The maximum atomic E-state index is 13.1. The number of nitrogens with one attached hydrogen (secondary N) is 1. The average Bonchev–Trinajstić information content (AvgIpc) is 2.71. The topological polar surface area (TPSA) is 111 Å². The number of benzene rings is 2. The first kappa shape index (κ1) is 21.2. The summed E-state index contributed by atoms with van der Waals surface area (Å²) in [6.45, 7) is 0. The highest BCUT2D eigenvalue weighted by Gasteiger charge is 2.36. The highest BCUT2D eigenvalue weighted by atomic mass is 35.5. The Balaban J connectivity index is 2.18. The summed E-state index contributed by atoms with van der Waals surface area (Å²) in [5.74, 6) is -1.53. The van der Waals surface area contributed by atoms with Gasteiger partial charge in [0.2, 0.25) is 0 Å². The SMILES string of the molecule is COc1ccc(OC)c([N+](=O)[O-])c1C=C1C(=O)NC(=S)N(c2ccc(Cl)cc2)C1=O. The van der Waals surface area contributed by atoms with E-state index < -0.39 is 22.4 Å². The second-order valence-electron chi connectivity index (χ2n) is 5.92. The Labute approximate surface area is 181 Å². The van der Waals surface area contributed by atoms with Crippen molar-refractivity contribution in [3.8, 4) is 11.5 Å². The molecule has 11 heteroatoms. The van der Waals surface area contributed by atoms with Gasteiger partial charge in [-0.25, -0.2) is 0 Å². The van der Waals surface area contributed by atoms with E-state index in [1.54, 1.807) is 24.3 Å². The van der Waals surface area contributed by atoms with Crippen LogP contribution in [-0.4, -0.2) is 36.1 Å². The van der Waals surface area contributed by atoms with Gasteiger partial charge in [0.05, 0.1) is 30.4 Å². The number of amides is 2. The molecule has 2 aromatic rings. The summed E-state index contributed by atoms with van der Waals surface area (Å²) >= 11 is 11.0. The molecule has 0 aliphatic carbocycles. The number of rotatable bonds is 5. The molecule has 1 saturated heterocycles. The third-order valence-corrected chi connectivity index (χ3v) is 4.77. The van der Waals surface area contributed by atoms with E-state index in [1.165, 1.54) is 26.4 Å². The number of thiocarbonyl (C=S) groups is 1. The predicted molar refractivity (Wildman–Crippen MR) is 114 cm³/mol. The van der Waals surface area contributed by atoms with Gasteiger partial charge in [-0.15, -0.1) is 0 Å². The van der Waals surface area contributed by atoms with Crippen LogP contribution in [0.2, 0.25) is 5.02 Å². The molecule has 1 fully saturated rings. The average molecular weight is 448 g/mol. The number of hydrogen-bond donors (Lipinski definition) is 1. The normalized spacial score (nSPS) is 15.2. The highest BCUT2D eigenvalue weighted by molar-refractivity contribution is 7.80. The van der Waals surface area contributed by atoms with Crippen molar-refractivity contribution in [3.63, 3.8) is 0 Å². The molecule has 1 heterocycles. The number of ether oxygens (including phenoxy) is 2. The van der Waals surface area contributed by atoms with Crippen molar-refractivity contribution < 1.29 is 24.0 Å². The predicted octanol–water partition coefficient (Wildman–Crippen LogP) is 3.10. The number of carbonyl (C=O) groups excluding carboxylic acids is 2. The fraction of sp³-hybridized carbons (Fsp3) is 0.105. The lowest BCUT2D eigenvalue weighted by Crippen LogP contribution is -2.54. The molecule has 2 aromatic carbocycles. The largest absolute Gasteiger partial charge is 0.496 e. The molecule has 0 spiro atoms. The number of hydrogen-bond acceptors (Lipinski definition) is 7. The molecule has 0 unspecified atom stereocenters. The number of nitro benzene ring substituents is 1. The number of nitrogens with zero attached hydrogens (tertiary/aromatic N) is 2. The molecule has 1 aliphatic heterocycles. The van der Waals surface area contributed by atoms with Crippen LogP contribution in [0, 0.1) is 10.1 Å². The lowest BCUT2D eigenvalue weighted by Gasteiger charge is -2.29. The van der Waals surface area contributed by atoms with Crippen molar-refractivity contribution in [2.75, 3.05) is 19.1 Å². The standard InChI is InChI=1S/C19H14ClN3O6S/c1-28-14-7-8-15(29-2)16(23(26)27)12(14)9-13-17(24)21-19(30)22(18(13)25)11-5-3-10(20)4-6-11/h3-9H,1-2H3,(H,21,24,30). The van der Waals surface area contributed by atoms with Crippen LogP contribution in [0.1, 0.15) is 5.56 Å². The van der Waals surface area contributed by atoms with E-state index in [0.29, 0.717) is 10.7 Å². The van der Waals surface area contributed by atoms with Crippen LogP contribution in [0.15, 0.2) is 42.0 Å². The molecule has 30 heavy (non-hydrogen) atoms. The molecule has 3 rings (SSSR count). The Kier molecular flexibility index (Phi) is 5.99. The van der Waals surface area contributed by atoms with Gasteiger partial charge < -0.3 is 9.47 Å². The Hall–Kier alpha value is -3.50. The zero-order valence-corrected chi connectivity index (χ0v) is 17.2. The molecule has 2 amide bonds. The third kappa shape index (κ3) is 3.82. The first-order valence-corrected chi connectivity index (χ1v) is 9.13. The lowest BCUT2D eigenvalue weighted by molar-refractivity contribution is -0.386. The van der Waals surface area contributed by atoms with Gasteiger partial charge in [0.1, 0.15) is 11.3 Å². The number of anilines is 1. The molecule has 0 bridgehead atoms. The lowest BCUT2D eigenvalue weighted by atomic mass is 10.0. The van der Waals surface area contributed by atoms with Crippen molar-refractivity contribution >= 4 is 58.2 Å². The van der Waals surface area contributed by atoms with Crippen LogP contribution in [0.25, 0.3) is 6.08 Å². The minimum atomic E-state index is -0.797. The number of carbonyl (C=O) groups is 2. The molecule has 0 saturated carbocycles. The van der Waals surface area contributed by atoms with E-state index in [0.717, 1.165) is 11.0 Å². The van der Waals surface area contributed by atoms with Crippen LogP contribution < -0.4 is 19.7 Å². The Morgan fingerprint density at radius 3 is 2.27 bits per heavy atom. The Morgan fingerprint density at radius 1 is 1.10 bits per heavy atom. The fourth-order valence-electron chi connectivity index (χ4n) is 2.87. The van der Waals surface area contributed by atoms with Crippen molar-refractivity contribution in [2.45, 2.75) is 0 Å². The molecular formula is C19H14ClN3O6S. The van der Waals surface area contributed by atoms with Gasteiger partial charge in [0, 0.05) is 5.02 Å². The van der Waals surface area contributed by atoms with Gasteiger partial charge in [-0.2, -0.15) is 0 Å². The quantitative estimate of drug-likeness (QED) is 0.246. The molecule has 9 nitrogen and oxygen atoms in total. The molecule has 154 valence electrons. The smallest absolute Gasteiger partial charge is 0.321 e. The first-order valence-electron chi connectivity index (χ1n) is 8.35. The van der Waals surface area contributed by atoms with E-state index in [1.807, 2.05) is 0 Å². The second-order valence-corrected chi connectivity index (χ2v) is 6.75. The summed E-state index contributed by atoms with van der Waals surface area (Å²) in [6.07, 6.45) is 1.09. The number of nitro groups is 1. The Morgan fingerprint density at radius 2 is 1.70 bits per heavy atom. The number of halogens is 1. The van der Waals surface area contributed by atoms with Gasteiger partial charge >= 0.3 is 5.69 Å². The Bertz CT molecular complexity index is 1100. The minimum Gasteiger partial charge on any atom is -0.496 e. The van der Waals surface area contributed by atoms with Gasteiger partial charge in [0.25, 0.3) is 11.8 Å². The van der Waals surface area contributed by atoms with Crippen molar-refractivity contribution in [1.29, 1.82) is 0 Å². The zero-order chi connectivity index (χ0) is 22.0. The van der Waals surface area contributed by atoms with Crippen LogP contribution >= 0.6 is 23.8 Å². The second kappa shape index (κ2) is 8.47. The van der Waals surface area contributed by atoms with Crippen LogP contribution in [0.5, 0.6) is 11.5 Å². The maximum Gasteiger partial charge on any atom is 0.321 e. The van der Waals surface area contributed by atoms with E-state index in [9.17, 15) is 19.7 Å². The molecule has 0 radical (unpaired) electrons. The monoisotopic (exact) mass is 447 g/mol.